The summed E-state index contributed by atoms with van der Waals surface area (Å²) in [7, 11) is 0. The van der Waals surface area contributed by atoms with E-state index in [0.717, 1.165) is 35.6 Å². The number of aliphatic hydroxyl groups is 1. The standard InChI is InChI=1S/C19H25N5O2/c1-13-3-4-14(2)16(11-13)22-18(26)6-9-21-19-20-8-5-17(23-19)24-10-7-15(25)12-24/h3-5,8,11,15,25H,6-7,9-10,12H2,1-2H3,(H,22,26)(H,20,21,23)/t15-/m1/s1. The van der Waals surface area contributed by atoms with E-state index in [1.54, 1.807) is 6.20 Å². The van der Waals surface area contributed by atoms with Crippen LogP contribution < -0.4 is 15.5 Å². The molecule has 0 bridgehead atoms. The Bertz CT molecular complexity index is 780. The maximum absolute atomic E-state index is 12.2. The number of nitrogens with one attached hydrogen (secondary N) is 2. The SMILES string of the molecule is Cc1ccc(C)c(NC(=O)CCNc2nccc(N3CC[C@@H](O)C3)n2)c1. The number of aryl methyl sites for hydroxylation is 2. The van der Waals surface area contributed by atoms with Crippen molar-refractivity contribution in [3.63, 3.8) is 0 Å². The molecule has 0 saturated carbocycles. The number of nitrogens with zero attached hydrogens (tertiary/aromatic N) is 3. The van der Waals surface area contributed by atoms with Crippen LogP contribution in [0.2, 0.25) is 0 Å². The number of anilines is 3. The van der Waals surface area contributed by atoms with E-state index in [1.165, 1.54) is 0 Å². The molecule has 7 heteroatoms. The van der Waals surface area contributed by atoms with E-state index in [2.05, 4.69) is 20.6 Å². The Hall–Kier alpha value is -2.67. The van der Waals surface area contributed by atoms with Crippen molar-refractivity contribution < 1.29 is 9.90 Å². The van der Waals surface area contributed by atoms with Crippen molar-refractivity contribution in [1.82, 2.24) is 9.97 Å². The lowest BCUT2D eigenvalue weighted by molar-refractivity contribution is -0.115. The van der Waals surface area contributed by atoms with Gasteiger partial charge in [0.1, 0.15) is 5.82 Å². The van der Waals surface area contributed by atoms with Gasteiger partial charge in [-0.15, -0.1) is 0 Å². The molecule has 138 valence electrons. The minimum absolute atomic E-state index is 0.0509. The van der Waals surface area contributed by atoms with Gasteiger partial charge in [-0.25, -0.2) is 4.98 Å². The summed E-state index contributed by atoms with van der Waals surface area (Å²) in [4.78, 5) is 22.8. The van der Waals surface area contributed by atoms with Crippen LogP contribution in [0.25, 0.3) is 0 Å². The second-order valence-electron chi connectivity index (χ2n) is 6.67. The summed E-state index contributed by atoms with van der Waals surface area (Å²) in [6, 6.07) is 7.82. The van der Waals surface area contributed by atoms with Crippen molar-refractivity contribution in [3.05, 3.63) is 41.6 Å². The zero-order valence-electron chi connectivity index (χ0n) is 15.2. The maximum Gasteiger partial charge on any atom is 0.226 e. The van der Waals surface area contributed by atoms with Crippen molar-refractivity contribution in [2.24, 2.45) is 0 Å². The molecule has 1 fully saturated rings. The quantitative estimate of drug-likeness (QED) is 0.735. The molecule has 1 saturated heterocycles. The molecule has 1 aliphatic rings. The van der Waals surface area contributed by atoms with Gasteiger partial charge in [-0.1, -0.05) is 12.1 Å². The van der Waals surface area contributed by atoms with Gasteiger partial charge < -0.3 is 20.6 Å². The molecule has 2 aromatic rings. The monoisotopic (exact) mass is 355 g/mol. The highest BCUT2D eigenvalue weighted by Gasteiger charge is 2.21. The first-order chi connectivity index (χ1) is 12.5. The maximum atomic E-state index is 12.2. The lowest BCUT2D eigenvalue weighted by Gasteiger charge is -2.17. The minimum atomic E-state index is -0.296. The number of β-amino-alcohol motifs (C(OH)–C–C–N with tert-alkyl or cyclic N) is 1. The summed E-state index contributed by atoms with van der Waals surface area (Å²) in [5.74, 6) is 1.23. The fraction of sp³-hybridized carbons (Fsp3) is 0.421. The smallest absolute Gasteiger partial charge is 0.226 e. The number of benzene rings is 1. The Morgan fingerprint density at radius 3 is 2.96 bits per heavy atom. The van der Waals surface area contributed by atoms with Gasteiger partial charge in [0.15, 0.2) is 0 Å². The molecule has 1 aromatic carbocycles. The molecule has 1 aromatic heterocycles. The minimum Gasteiger partial charge on any atom is -0.391 e. The number of carbonyl (C=O) groups is 1. The van der Waals surface area contributed by atoms with Gasteiger partial charge in [-0.3, -0.25) is 4.79 Å². The van der Waals surface area contributed by atoms with Crippen LogP contribution in [0.1, 0.15) is 24.0 Å². The molecule has 1 amide bonds. The third-order valence-corrected chi connectivity index (χ3v) is 4.43. The van der Waals surface area contributed by atoms with Crippen LogP contribution in [-0.4, -0.2) is 46.7 Å². The molecule has 0 unspecified atom stereocenters. The predicted molar refractivity (Wildman–Crippen MR) is 103 cm³/mol. The second-order valence-corrected chi connectivity index (χ2v) is 6.67. The van der Waals surface area contributed by atoms with Crippen molar-refractivity contribution in [2.75, 3.05) is 35.2 Å². The summed E-state index contributed by atoms with van der Waals surface area (Å²) < 4.78 is 0. The molecule has 0 radical (unpaired) electrons. The number of hydrogen-bond donors (Lipinski definition) is 3. The fourth-order valence-corrected chi connectivity index (χ4v) is 2.93. The summed E-state index contributed by atoms with van der Waals surface area (Å²) >= 11 is 0. The number of amides is 1. The number of carbonyl (C=O) groups excluding carboxylic acids is 1. The van der Waals surface area contributed by atoms with Gasteiger partial charge in [-0.2, -0.15) is 4.98 Å². The highest BCUT2D eigenvalue weighted by atomic mass is 16.3. The molecule has 0 spiro atoms. The van der Waals surface area contributed by atoms with Crippen LogP contribution in [-0.2, 0) is 4.79 Å². The van der Waals surface area contributed by atoms with E-state index in [9.17, 15) is 9.90 Å². The Morgan fingerprint density at radius 1 is 1.35 bits per heavy atom. The fourth-order valence-electron chi connectivity index (χ4n) is 2.93. The van der Waals surface area contributed by atoms with Crippen molar-refractivity contribution in [3.8, 4) is 0 Å². The summed E-state index contributed by atoms with van der Waals surface area (Å²) in [6.07, 6.45) is 2.47. The molecule has 1 atom stereocenters. The van der Waals surface area contributed by atoms with Crippen molar-refractivity contribution >= 4 is 23.4 Å². The summed E-state index contributed by atoms with van der Waals surface area (Å²) in [6.45, 7) is 5.80. The van der Waals surface area contributed by atoms with Crippen LogP contribution in [0.15, 0.2) is 30.5 Å². The topological polar surface area (TPSA) is 90.4 Å². The van der Waals surface area contributed by atoms with E-state index < -0.39 is 0 Å². The molecular formula is C19H25N5O2. The van der Waals surface area contributed by atoms with Crippen LogP contribution in [0.4, 0.5) is 17.5 Å². The number of rotatable bonds is 6. The third-order valence-electron chi connectivity index (χ3n) is 4.43. The Balaban J connectivity index is 1.50. The molecule has 26 heavy (non-hydrogen) atoms. The van der Waals surface area contributed by atoms with E-state index in [4.69, 9.17) is 0 Å². The number of aliphatic hydroxyl groups excluding tert-OH is 1. The third kappa shape index (κ3) is 4.70. The van der Waals surface area contributed by atoms with Gasteiger partial charge >= 0.3 is 0 Å². The predicted octanol–water partition coefficient (Wildman–Crippen LogP) is 2.11. The highest BCUT2D eigenvalue weighted by molar-refractivity contribution is 5.91. The second kappa shape index (κ2) is 8.14. The lowest BCUT2D eigenvalue weighted by atomic mass is 10.1. The number of hydrogen-bond acceptors (Lipinski definition) is 6. The molecule has 0 aliphatic carbocycles. The van der Waals surface area contributed by atoms with Crippen molar-refractivity contribution in [1.29, 1.82) is 0 Å². The molecule has 3 N–H and O–H groups in total. The van der Waals surface area contributed by atoms with E-state index in [-0.39, 0.29) is 12.0 Å². The average Bonchev–Trinajstić information content (AvgIpc) is 3.05. The van der Waals surface area contributed by atoms with Crippen LogP contribution >= 0.6 is 0 Å². The van der Waals surface area contributed by atoms with Gasteiger partial charge in [0.05, 0.1) is 6.10 Å². The van der Waals surface area contributed by atoms with E-state index in [1.807, 2.05) is 43.0 Å². The first-order valence-corrected chi connectivity index (χ1v) is 8.88. The normalized spacial score (nSPS) is 16.6. The van der Waals surface area contributed by atoms with Crippen LogP contribution in [0.5, 0.6) is 0 Å². The zero-order valence-corrected chi connectivity index (χ0v) is 15.2. The highest BCUT2D eigenvalue weighted by Crippen LogP contribution is 2.19. The molecule has 2 heterocycles. The average molecular weight is 355 g/mol. The number of aromatic nitrogens is 2. The van der Waals surface area contributed by atoms with Crippen LogP contribution in [0.3, 0.4) is 0 Å². The lowest BCUT2D eigenvalue weighted by Crippen LogP contribution is -2.23. The summed E-state index contributed by atoms with van der Waals surface area (Å²) in [5, 5.41) is 15.7. The first-order valence-electron chi connectivity index (χ1n) is 8.88. The van der Waals surface area contributed by atoms with E-state index in [0.29, 0.717) is 25.5 Å². The molecule has 3 rings (SSSR count). The zero-order chi connectivity index (χ0) is 18.5. The van der Waals surface area contributed by atoms with Gasteiger partial charge in [0.25, 0.3) is 0 Å². The summed E-state index contributed by atoms with van der Waals surface area (Å²) in [5.41, 5.74) is 3.00. The Labute approximate surface area is 153 Å². The van der Waals surface area contributed by atoms with E-state index >= 15 is 0 Å². The van der Waals surface area contributed by atoms with Gasteiger partial charge in [-0.05, 0) is 43.5 Å². The largest absolute Gasteiger partial charge is 0.391 e. The molecule has 7 nitrogen and oxygen atoms in total. The molecule has 1 aliphatic heterocycles. The van der Waals surface area contributed by atoms with Crippen LogP contribution in [0, 0.1) is 13.8 Å². The van der Waals surface area contributed by atoms with Gasteiger partial charge in [0.2, 0.25) is 11.9 Å². The Morgan fingerprint density at radius 2 is 2.19 bits per heavy atom. The first kappa shape index (κ1) is 18.1. The molecular weight excluding hydrogens is 330 g/mol. The van der Waals surface area contributed by atoms with Crippen molar-refractivity contribution in [2.45, 2.75) is 32.8 Å². The van der Waals surface area contributed by atoms with Gasteiger partial charge in [0, 0.05) is 37.9 Å². The Kier molecular flexibility index (Phi) is 5.68.